The van der Waals surface area contributed by atoms with E-state index in [1.165, 1.54) is 4.90 Å². The average Bonchev–Trinajstić information content (AvgIpc) is 2.74. The van der Waals surface area contributed by atoms with Crippen LogP contribution in [-0.4, -0.2) is 50.0 Å². The highest BCUT2D eigenvalue weighted by molar-refractivity contribution is 7.92. The summed E-state index contributed by atoms with van der Waals surface area (Å²) in [4.78, 5) is 27.8. The van der Waals surface area contributed by atoms with E-state index in [-0.39, 0.29) is 18.5 Å². The van der Waals surface area contributed by atoms with E-state index in [1.54, 1.807) is 25.1 Å². The number of carbonyl (C=O) groups is 2. The maximum absolute atomic E-state index is 13.5. The van der Waals surface area contributed by atoms with Gasteiger partial charge in [0.25, 0.3) is 0 Å². The predicted octanol–water partition coefficient (Wildman–Crippen LogP) is 3.40. The third kappa shape index (κ3) is 7.60. The minimum Gasteiger partial charge on any atom is -0.352 e. The quantitative estimate of drug-likeness (QED) is 0.573. The second kappa shape index (κ2) is 11.3. The molecule has 7 nitrogen and oxygen atoms in total. The van der Waals surface area contributed by atoms with Gasteiger partial charge in [0.2, 0.25) is 21.8 Å². The van der Waals surface area contributed by atoms with Crippen LogP contribution in [0.2, 0.25) is 0 Å². The minimum atomic E-state index is -3.73. The molecule has 0 fully saturated rings. The number of hydrogen-bond donors (Lipinski definition) is 1. The number of benzene rings is 2. The molecule has 0 heterocycles. The molecular weight excluding hydrogens is 438 g/mol. The summed E-state index contributed by atoms with van der Waals surface area (Å²) in [6.45, 7) is 9.16. The van der Waals surface area contributed by atoms with Gasteiger partial charge in [0, 0.05) is 12.6 Å². The lowest BCUT2D eigenvalue weighted by molar-refractivity contribution is -0.139. The van der Waals surface area contributed by atoms with E-state index < -0.39 is 28.5 Å². The molecule has 2 rings (SSSR count). The highest BCUT2D eigenvalue weighted by Crippen LogP contribution is 2.20. The number of anilines is 1. The van der Waals surface area contributed by atoms with E-state index >= 15 is 0 Å². The van der Waals surface area contributed by atoms with Crippen molar-refractivity contribution in [1.29, 1.82) is 0 Å². The third-order valence-electron chi connectivity index (χ3n) is 5.57. The second-order valence-electron chi connectivity index (χ2n) is 8.61. The molecule has 2 aromatic rings. The Balaban J connectivity index is 2.38. The molecule has 2 aromatic carbocycles. The van der Waals surface area contributed by atoms with E-state index in [0.29, 0.717) is 5.69 Å². The summed E-state index contributed by atoms with van der Waals surface area (Å²) in [5.74, 6) is -0.720. The van der Waals surface area contributed by atoms with Gasteiger partial charge in [-0.15, -0.1) is 0 Å². The van der Waals surface area contributed by atoms with Crippen molar-refractivity contribution in [3.8, 4) is 0 Å². The van der Waals surface area contributed by atoms with Crippen LogP contribution in [0.15, 0.2) is 48.5 Å². The molecule has 180 valence electrons. The zero-order valence-corrected chi connectivity index (χ0v) is 21.1. The summed E-state index contributed by atoms with van der Waals surface area (Å²) in [5.41, 5.74) is 3.20. The van der Waals surface area contributed by atoms with Crippen LogP contribution in [0.1, 0.15) is 43.9 Å². The predicted molar refractivity (Wildman–Crippen MR) is 132 cm³/mol. The van der Waals surface area contributed by atoms with E-state index in [1.807, 2.05) is 58.0 Å². The molecule has 2 amide bonds. The molecule has 0 radical (unpaired) electrons. The number of nitrogens with zero attached hydrogens (tertiary/aromatic N) is 2. The SMILES string of the molecule is CC[C@@H](C)NC(=O)[C@@H](C)N(Cc1cccc(C)c1)C(=O)CN(c1cccc(C)c1)S(C)(=O)=O. The van der Waals surface area contributed by atoms with E-state index in [0.717, 1.165) is 33.7 Å². The minimum absolute atomic E-state index is 0.0318. The Hall–Kier alpha value is -2.87. The fraction of sp³-hybridized carbons (Fsp3) is 0.440. The van der Waals surface area contributed by atoms with Crippen LogP contribution in [0, 0.1) is 13.8 Å². The van der Waals surface area contributed by atoms with Crippen molar-refractivity contribution in [3.63, 3.8) is 0 Å². The van der Waals surface area contributed by atoms with E-state index in [2.05, 4.69) is 5.32 Å². The Morgan fingerprint density at radius 1 is 1.00 bits per heavy atom. The lowest BCUT2D eigenvalue weighted by atomic mass is 10.1. The number of sulfonamides is 1. The summed E-state index contributed by atoms with van der Waals surface area (Å²) >= 11 is 0. The van der Waals surface area contributed by atoms with Gasteiger partial charge in [0.15, 0.2) is 0 Å². The molecule has 0 aromatic heterocycles. The van der Waals surface area contributed by atoms with E-state index in [4.69, 9.17) is 0 Å². The van der Waals surface area contributed by atoms with Crippen molar-refractivity contribution >= 4 is 27.5 Å². The molecule has 0 saturated carbocycles. The van der Waals surface area contributed by atoms with Crippen LogP contribution in [-0.2, 0) is 26.2 Å². The molecule has 0 aliphatic carbocycles. The smallest absolute Gasteiger partial charge is 0.244 e. The van der Waals surface area contributed by atoms with Crippen LogP contribution in [0.5, 0.6) is 0 Å². The van der Waals surface area contributed by atoms with Crippen LogP contribution in [0.25, 0.3) is 0 Å². The Morgan fingerprint density at radius 3 is 2.15 bits per heavy atom. The first-order chi connectivity index (χ1) is 15.4. The van der Waals surface area contributed by atoms with Crippen molar-refractivity contribution in [3.05, 3.63) is 65.2 Å². The lowest BCUT2D eigenvalue weighted by Gasteiger charge is -2.32. The van der Waals surface area contributed by atoms with Crippen LogP contribution in [0.4, 0.5) is 5.69 Å². The first-order valence-electron chi connectivity index (χ1n) is 11.1. The molecule has 0 unspecified atom stereocenters. The van der Waals surface area contributed by atoms with Gasteiger partial charge >= 0.3 is 0 Å². The number of hydrogen-bond acceptors (Lipinski definition) is 4. The van der Waals surface area contributed by atoms with Gasteiger partial charge in [-0.1, -0.05) is 48.9 Å². The Bertz CT molecular complexity index is 1080. The maximum Gasteiger partial charge on any atom is 0.244 e. The summed E-state index contributed by atoms with van der Waals surface area (Å²) in [7, 11) is -3.73. The van der Waals surface area contributed by atoms with Gasteiger partial charge in [-0.05, 0) is 57.4 Å². The summed E-state index contributed by atoms with van der Waals surface area (Å²) in [6, 6.07) is 13.9. The summed E-state index contributed by atoms with van der Waals surface area (Å²) in [5, 5.41) is 2.92. The van der Waals surface area contributed by atoms with Gasteiger partial charge in [-0.3, -0.25) is 13.9 Å². The molecule has 0 bridgehead atoms. The van der Waals surface area contributed by atoms with Gasteiger partial charge in [0.1, 0.15) is 12.6 Å². The molecule has 8 heteroatoms. The second-order valence-corrected chi connectivity index (χ2v) is 10.5. The van der Waals surface area contributed by atoms with Gasteiger partial charge in [-0.25, -0.2) is 8.42 Å². The van der Waals surface area contributed by atoms with Crippen molar-refractivity contribution < 1.29 is 18.0 Å². The fourth-order valence-electron chi connectivity index (χ4n) is 3.45. The number of rotatable bonds is 10. The Labute approximate surface area is 197 Å². The van der Waals surface area contributed by atoms with Gasteiger partial charge < -0.3 is 10.2 Å². The molecule has 0 spiro atoms. The van der Waals surface area contributed by atoms with Crippen LogP contribution < -0.4 is 9.62 Å². The third-order valence-corrected chi connectivity index (χ3v) is 6.71. The van der Waals surface area contributed by atoms with Crippen molar-refractivity contribution in [2.45, 2.75) is 59.7 Å². The molecular formula is C25H35N3O4S. The number of aryl methyl sites for hydroxylation is 2. The van der Waals surface area contributed by atoms with Crippen LogP contribution >= 0.6 is 0 Å². The number of amides is 2. The van der Waals surface area contributed by atoms with Crippen molar-refractivity contribution in [2.24, 2.45) is 0 Å². The van der Waals surface area contributed by atoms with Gasteiger partial charge in [-0.2, -0.15) is 0 Å². The zero-order valence-electron chi connectivity index (χ0n) is 20.3. The molecule has 2 atom stereocenters. The van der Waals surface area contributed by atoms with Crippen molar-refractivity contribution in [1.82, 2.24) is 10.2 Å². The summed E-state index contributed by atoms with van der Waals surface area (Å²) < 4.78 is 26.2. The topological polar surface area (TPSA) is 86.8 Å². The molecule has 33 heavy (non-hydrogen) atoms. The average molecular weight is 474 g/mol. The highest BCUT2D eigenvalue weighted by atomic mass is 32.2. The lowest BCUT2D eigenvalue weighted by Crippen LogP contribution is -2.52. The molecule has 1 N–H and O–H groups in total. The Morgan fingerprint density at radius 2 is 1.61 bits per heavy atom. The monoisotopic (exact) mass is 473 g/mol. The molecule has 0 saturated heterocycles. The highest BCUT2D eigenvalue weighted by Gasteiger charge is 2.30. The standard InChI is InChI=1S/C25H35N3O4S/c1-7-20(4)26-25(30)21(5)27(16-22-12-8-10-18(2)14-22)24(29)17-28(33(6,31)32)23-13-9-11-19(3)15-23/h8-15,20-21H,7,16-17H2,1-6H3,(H,26,30)/t20-,21-/m1/s1. The first kappa shape index (κ1) is 26.4. The maximum atomic E-state index is 13.5. The van der Waals surface area contributed by atoms with E-state index in [9.17, 15) is 18.0 Å². The zero-order chi connectivity index (χ0) is 24.8. The van der Waals surface area contributed by atoms with Crippen molar-refractivity contribution in [2.75, 3.05) is 17.1 Å². The number of nitrogens with one attached hydrogen (secondary N) is 1. The summed E-state index contributed by atoms with van der Waals surface area (Å²) in [6.07, 6.45) is 1.84. The molecule has 0 aliphatic rings. The molecule has 0 aliphatic heterocycles. The van der Waals surface area contributed by atoms with Gasteiger partial charge in [0.05, 0.1) is 11.9 Å². The number of carbonyl (C=O) groups excluding carboxylic acids is 2. The largest absolute Gasteiger partial charge is 0.352 e. The fourth-order valence-corrected chi connectivity index (χ4v) is 4.29. The Kier molecular flexibility index (Phi) is 9.05. The first-order valence-corrected chi connectivity index (χ1v) is 13.0. The normalized spacial score (nSPS) is 13.2. The van der Waals surface area contributed by atoms with Crippen LogP contribution in [0.3, 0.4) is 0 Å².